The van der Waals surface area contributed by atoms with E-state index in [2.05, 4.69) is 0 Å². The van der Waals surface area contributed by atoms with Gasteiger partial charge in [0.2, 0.25) is 0 Å². The van der Waals surface area contributed by atoms with Crippen LogP contribution in [0.1, 0.15) is 40.7 Å². The SMILES string of the molecule is CCC(C(=O)O)c1ccc(SN2Cc3ccccc3C2=O)cc1. The monoisotopic (exact) mass is 327 g/mol. The standard InChI is InChI=1S/C18H17NO3S/c1-2-15(18(21)22)12-7-9-14(10-8-12)23-19-11-13-5-3-4-6-16(13)17(19)20/h3-10,15H,2,11H2,1H3,(H,21,22). The van der Waals surface area contributed by atoms with Crippen LogP contribution in [-0.2, 0) is 11.3 Å². The Bertz CT molecular complexity index is 742. The van der Waals surface area contributed by atoms with E-state index in [0.29, 0.717) is 13.0 Å². The predicted molar refractivity (Wildman–Crippen MR) is 89.3 cm³/mol. The van der Waals surface area contributed by atoms with Crippen molar-refractivity contribution >= 4 is 23.8 Å². The largest absolute Gasteiger partial charge is 0.481 e. The number of fused-ring (bicyclic) bond motifs is 1. The molecule has 1 amide bonds. The van der Waals surface area contributed by atoms with E-state index in [4.69, 9.17) is 0 Å². The lowest BCUT2D eigenvalue weighted by Gasteiger charge is -2.15. The van der Waals surface area contributed by atoms with Crippen LogP contribution in [-0.4, -0.2) is 21.3 Å². The summed E-state index contributed by atoms with van der Waals surface area (Å²) in [5.41, 5.74) is 2.59. The Hall–Kier alpha value is -2.27. The van der Waals surface area contributed by atoms with E-state index >= 15 is 0 Å². The average molecular weight is 327 g/mol. The number of hydrogen-bond donors (Lipinski definition) is 1. The van der Waals surface area contributed by atoms with E-state index in [0.717, 1.165) is 21.6 Å². The zero-order valence-corrected chi connectivity index (χ0v) is 13.5. The molecular weight excluding hydrogens is 310 g/mol. The molecule has 0 saturated carbocycles. The van der Waals surface area contributed by atoms with Crippen molar-refractivity contribution < 1.29 is 14.7 Å². The van der Waals surface area contributed by atoms with E-state index in [1.54, 1.807) is 4.31 Å². The highest BCUT2D eigenvalue weighted by Gasteiger charge is 2.27. The molecule has 0 aliphatic carbocycles. The Morgan fingerprint density at radius 1 is 1.22 bits per heavy atom. The number of carboxylic acids is 1. The summed E-state index contributed by atoms with van der Waals surface area (Å²) in [6, 6.07) is 15.0. The Kier molecular flexibility index (Phi) is 4.39. The minimum Gasteiger partial charge on any atom is -0.481 e. The highest BCUT2D eigenvalue weighted by atomic mass is 32.2. The molecule has 1 unspecified atom stereocenters. The van der Waals surface area contributed by atoms with Crippen LogP contribution in [0, 0.1) is 0 Å². The van der Waals surface area contributed by atoms with Gasteiger partial charge >= 0.3 is 5.97 Å². The molecule has 1 N–H and O–H groups in total. The van der Waals surface area contributed by atoms with Gasteiger partial charge in [0.05, 0.1) is 12.5 Å². The van der Waals surface area contributed by atoms with Gasteiger partial charge in [0.25, 0.3) is 5.91 Å². The maximum Gasteiger partial charge on any atom is 0.310 e. The Balaban J connectivity index is 1.73. The lowest BCUT2D eigenvalue weighted by Crippen LogP contribution is -2.15. The molecule has 5 heteroatoms. The van der Waals surface area contributed by atoms with Gasteiger partial charge in [0.15, 0.2) is 0 Å². The van der Waals surface area contributed by atoms with Crippen LogP contribution in [0.25, 0.3) is 0 Å². The Labute approximate surface area is 139 Å². The molecule has 1 atom stereocenters. The van der Waals surface area contributed by atoms with Gasteiger partial charge in [0.1, 0.15) is 0 Å². The van der Waals surface area contributed by atoms with Crippen molar-refractivity contribution in [1.82, 2.24) is 4.31 Å². The lowest BCUT2D eigenvalue weighted by atomic mass is 9.97. The third kappa shape index (κ3) is 3.10. The minimum absolute atomic E-state index is 0.0200. The van der Waals surface area contributed by atoms with Crippen molar-refractivity contribution in [3.63, 3.8) is 0 Å². The summed E-state index contributed by atoms with van der Waals surface area (Å²) < 4.78 is 1.73. The minimum atomic E-state index is -0.807. The zero-order valence-electron chi connectivity index (χ0n) is 12.7. The number of carbonyl (C=O) groups is 2. The molecule has 1 aliphatic rings. The summed E-state index contributed by atoms with van der Waals surface area (Å²) in [4.78, 5) is 24.5. The van der Waals surface area contributed by atoms with Crippen LogP contribution in [0.2, 0.25) is 0 Å². The Morgan fingerprint density at radius 2 is 1.91 bits per heavy atom. The second-order valence-corrected chi connectivity index (χ2v) is 6.55. The molecule has 0 bridgehead atoms. The fourth-order valence-corrected chi connectivity index (χ4v) is 3.64. The molecule has 1 aliphatic heterocycles. The number of nitrogens with zero attached hydrogens (tertiary/aromatic N) is 1. The molecule has 23 heavy (non-hydrogen) atoms. The van der Waals surface area contributed by atoms with Gasteiger partial charge in [-0.2, -0.15) is 0 Å². The molecule has 4 nitrogen and oxygen atoms in total. The second kappa shape index (κ2) is 6.46. The van der Waals surface area contributed by atoms with Crippen LogP contribution < -0.4 is 0 Å². The molecule has 3 rings (SSSR count). The second-order valence-electron chi connectivity index (χ2n) is 5.46. The van der Waals surface area contributed by atoms with Gasteiger partial charge in [0, 0.05) is 10.5 Å². The highest BCUT2D eigenvalue weighted by molar-refractivity contribution is 7.97. The zero-order chi connectivity index (χ0) is 16.4. The van der Waals surface area contributed by atoms with Crippen LogP contribution >= 0.6 is 11.9 Å². The molecule has 0 aromatic heterocycles. The third-order valence-corrected chi connectivity index (χ3v) is 4.99. The first-order valence-corrected chi connectivity index (χ1v) is 8.28. The maximum absolute atomic E-state index is 12.3. The Morgan fingerprint density at radius 3 is 2.52 bits per heavy atom. The van der Waals surface area contributed by atoms with Gasteiger partial charge in [-0.15, -0.1) is 0 Å². The number of amides is 1. The van der Waals surface area contributed by atoms with E-state index in [1.807, 2.05) is 55.5 Å². The van der Waals surface area contributed by atoms with Crippen molar-refractivity contribution in [3.05, 3.63) is 65.2 Å². The van der Waals surface area contributed by atoms with E-state index in [-0.39, 0.29) is 5.91 Å². The normalized spacial score (nSPS) is 14.7. The molecule has 2 aromatic rings. The number of aliphatic carboxylic acids is 1. The highest BCUT2D eigenvalue weighted by Crippen LogP contribution is 2.33. The topological polar surface area (TPSA) is 57.6 Å². The van der Waals surface area contributed by atoms with Crippen molar-refractivity contribution in [1.29, 1.82) is 0 Å². The van der Waals surface area contributed by atoms with E-state index in [9.17, 15) is 14.7 Å². The fourth-order valence-electron chi connectivity index (χ4n) is 2.74. The first-order valence-electron chi connectivity index (χ1n) is 7.50. The number of carboxylic acid groups (broad SMARTS) is 1. The first kappa shape index (κ1) is 15.6. The quantitative estimate of drug-likeness (QED) is 0.846. The van der Waals surface area contributed by atoms with Gasteiger partial charge < -0.3 is 5.11 Å². The number of hydrogen-bond acceptors (Lipinski definition) is 3. The molecule has 0 spiro atoms. The predicted octanol–water partition coefficient (Wildman–Crippen LogP) is 3.93. The third-order valence-electron chi connectivity index (χ3n) is 3.99. The lowest BCUT2D eigenvalue weighted by molar-refractivity contribution is -0.138. The van der Waals surface area contributed by atoms with Gasteiger partial charge in [-0.1, -0.05) is 37.3 Å². The van der Waals surface area contributed by atoms with Crippen molar-refractivity contribution in [2.24, 2.45) is 0 Å². The number of rotatable bonds is 5. The first-order chi connectivity index (χ1) is 11.1. The summed E-state index contributed by atoms with van der Waals surface area (Å²) in [6.45, 7) is 2.45. The molecule has 0 fully saturated rings. The van der Waals surface area contributed by atoms with Crippen LogP contribution in [0.3, 0.4) is 0 Å². The van der Waals surface area contributed by atoms with E-state index in [1.165, 1.54) is 11.9 Å². The molecule has 0 radical (unpaired) electrons. The van der Waals surface area contributed by atoms with Crippen molar-refractivity contribution in [2.75, 3.05) is 0 Å². The summed E-state index contributed by atoms with van der Waals surface area (Å²) in [6.07, 6.45) is 0.557. The summed E-state index contributed by atoms with van der Waals surface area (Å²) in [7, 11) is 0. The van der Waals surface area contributed by atoms with Crippen LogP contribution in [0.5, 0.6) is 0 Å². The molecule has 1 heterocycles. The fraction of sp³-hybridized carbons (Fsp3) is 0.222. The van der Waals surface area contributed by atoms with Crippen LogP contribution in [0.4, 0.5) is 0 Å². The molecule has 0 saturated heterocycles. The summed E-state index contributed by atoms with van der Waals surface area (Å²) in [5, 5.41) is 9.20. The summed E-state index contributed by atoms with van der Waals surface area (Å²) >= 11 is 1.39. The summed E-state index contributed by atoms with van der Waals surface area (Å²) in [5.74, 6) is -1.27. The van der Waals surface area contributed by atoms with Crippen molar-refractivity contribution in [2.45, 2.75) is 30.7 Å². The van der Waals surface area contributed by atoms with Gasteiger partial charge in [-0.05, 0) is 47.7 Å². The van der Waals surface area contributed by atoms with Crippen LogP contribution in [0.15, 0.2) is 53.4 Å². The van der Waals surface area contributed by atoms with E-state index < -0.39 is 11.9 Å². The van der Waals surface area contributed by atoms with Gasteiger partial charge in [-0.3, -0.25) is 13.9 Å². The van der Waals surface area contributed by atoms with Gasteiger partial charge in [-0.25, -0.2) is 0 Å². The molecule has 118 valence electrons. The van der Waals surface area contributed by atoms with Crippen molar-refractivity contribution in [3.8, 4) is 0 Å². The average Bonchev–Trinajstić information content (AvgIpc) is 2.86. The molecule has 2 aromatic carbocycles. The number of benzene rings is 2. The molecular formula is C18H17NO3S. The smallest absolute Gasteiger partial charge is 0.310 e. The maximum atomic E-state index is 12.3. The number of carbonyl (C=O) groups excluding carboxylic acids is 1.